The van der Waals surface area contributed by atoms with E-state index in [9.17, 15) is 4.79 Å². The van der Waals surface area contributed by atoms with E-state index in [-0.39, 0.29) is 5.91 Å². The number of nitrogens with zero attached hydrogens (tertiary/aromatic N) is 4. The molecule has 6 heteroatoms. The number of fused-ring (bicyclic) bond motifs is 1. The second-order valence-corrected chi connectivity index (χ2v) is 5.53. The van der Waals surface area contributed by atoms with Gasteiger partial charge in [0.1, 0.15) is 11.6 Å². The van der Waals surface area contributed by atoms with Gasteiger partial charge in [-0.15, -0.1) is 0 Å². The molecular formula is C15H19N5O. The Bertz CT molecular complexity index is 664. The highest BCUT2D eigenvalue weighted by molar-refractivity contribution is 5.94. The van der Waals surface area contributed by atoms with Gasteiger partial charge in [-0.25, -0.2) is 15.0 Å². The van der Waals surface area contributed by atoms with Crippen LogP contribution in [0.4, 0.5) is 0 Å². The molecule has 2 aromatic heterocycles. The number of carbonyl (C=O) groups excluding carboxylic acids is 1. The molecule has 1 aliphatic rings. The predicted molar refractivity (Wildman–Crippen MR) is 77.9 cm³/mol. The van der Waals surface area contributed by atoms with Gasteiger partial charge in [0.2, 0.25) is 0 Å². The molecule has 0 bridgehead atoms. The van der Waals surface area contributed by atoms with Crippen LogP contribution in [-0.4, -0.2) is 32.0 Å². The summed E-state index contributed by atoms with van der Waals surface area (Å²) in [6.45, 7) is 5.24. The SMILES string of the molecule is Cc1ncc(C(=O)NC[C@@H]2CCc3nccn3C2)c(C)n1. The maximum Gasteiger partial charge on any atom is 0.254 e. The molecular weight excluding hydrogens is 266 g/mol. The molecule has 1 amide bonds. The Labute approximate surface area is 123 Å². The number of imidazole rings is 1. The number of carbonyl (C=O) groups is 1. The number of aromatic nitrogens is 4. The van der Waals surface area contributed by atoms with E-state index in [0.717, 1.165) is 30.9 Å². The lowest BCUT2D eigenvalue weighted by Gasteiger charge is -2.24. The first-order chi connectivity index (χ1) is 10.1. The minimum Gasteiger partial charge on any atom is -0.352 e. The van der Waals surface area contributed by atoms with E-state index in [1.54, 1.807) is 6.20 Å². The molecule has 6 nitrogen and oxygen atoms in total. The molecule has 0 aliphatic carbocycles. The standard InChI is InChI=1S/C15H19N5O/c1-10-13(8-17-11(2)19-10)15(21)18-7-12-3-4-14-16-5-6-20(14)9-12/h5-6,8,12H,3-4,7,9H2,1-2H3,(H,18,21)/t12-/m0/s1. The summed E-state index contributed by atoms with van der Waals surface area (Å²) in [5.41, 5.74) is 1.28. The van der Waals surface area contributed by atoms with Gasteiger partial charge >= 0.3 is 0 Å². The van der Waals surface area contributed by atoms with Gasteiger partial charge in [-0.05, 0) is 26.2 Å². The fourth-order valence-corrected chi connectivity index (χ4v) is 2.74. The summed E-state index contributed by atoms with van der Waals surface area (Å²) < 4.78 is 2.17. The van der Waals surface area contributed by atoms with Crippen molar-refractivity contribution in [3.05, 3.63) is 41.5 Å². The summed E-state index contributed by atoms with van der Waals surface area (Å²) in [6, 6.07) is 0. The van der Waals surface area contributed by atoms with E-state index in [1.807, 2.05) is 26.2 Å². The number of amides is 1. The van der Waals surface area contributed by atoms with Gasteiger partial charge in [-0.3, -0.25) is 4.79 Å². The van der Waals surface area contributed by atoms with Crippen molar-refractivity contribution < 1.29 is 4.79 Å². The van der Waals surface area contributed by atoms with Gasteiger partial charge < -0.3 is 9.88 Å². The first-order valence-corrected chi connectivity index (χ1v) is 7.22. The lowest BCUT2D eigenvalue weighted by molar-refractivity contribution is 0.0942. The highest BCUT2D eigenvalue weighted by Gasteiger charge is 2.20. The third-order valence-electron chi connectivity index (χ3n) is 3.93. The van der Waals surface area contributed by atoms with Crippen LogP contribution in [0.5, 0.6) is 0 Å². The zero-order valence-corrected chi connectivity index (χ0v) is 12.3. The van der Waals surface area contributed by atoms with Crippen molar-refractivity contribution in [2.45, 2.75) is 33.2 Å². The van der Waals surface area contributed by atoms with Crippen LogP contribution in [0, 0.1) is 19.8 Å². The van der Waals surface area contributed by atoms with Crippen molar-refractivity contribution in [2.75, 3.05) is 6.54 Å². The Hall–Kier alpha value is -2.24. The average molecular weight is 285 g/mol. The van der Waals surface area contributed by atoms with Gasteiger partial charge in [0.25, 0.3) is 5.91 Å². The fraction of sp³-hybridized carbons (Fsp3) is 0.467. The number of hydrogen-bond acceptors (Lipinski definition) is 4. The second kappa shape index (κ2) is 5.63. The van der Waals surface area contributed by atoms with Crippen LogP contribution in [0.1, 0.15) is 34.1 Å². The molecule has 110 valence electrons. The Morgan fingerprint density at radius 2 is 2.29 bits per heavy atom. The van der Waals surface area contributed by atoms with Crippen molar-refractivity contribution in [1.82, 2.24) is 24.8 Å². The molecule has 0 radical (unpaired) electrons. The Balaban J connectivity index is 1.59. The van der Waals surface area contributed by atoms with E-state index in [4.69, 9.17) is 0 Å². The summed E-state index contributed by atoms with van der Waals surface area (Å²) in [5, 5.41) is 3.00. The average Bonchev–Trinajstić information content (AvgIpc) is 2.92. The quantitative estimate of drug-likeness (QED) is 0.922. The summed E-state index contributed by atoms with van der Waals surface area (Å²) >= 11 is 0. The molecule has 0 saturated carbocycles. The first kappa shape index (κ1) is 13.7. The second-order valence-electron chi connectivity index (χ2n) is 5.53. The predicted octanol–water partition coefficient (Wildman–Crippen LogP) is 1.28. The number of rotatable bonds is 3. The topological polar surface area (TPSA) is 72.7 Å². The molecule has 1 aliphatic heterocycles. The van der Waals surface area contributed by atoms with Crippen LogP contribution in [-0.2, 0) is 13.0 Å². The van der Waals surface area contributed by atoms with Crippen LogP contribution in [0.15, 0.2) is 18.6 Å². The third kappa shape index (κ3) is 2.94. The van der Waals surface area contributed by atoms with E-state index in [0.29, 0.717) is 23.9 Å². The van der Waals surface area contributed by atoms with Crippen LogP contribution in [0.25, 0.3) is 0 Å². The zero-order chi connectivity index (χ0) is 14.8. The van der Waals surface area contributed by atoms with E-state index in [2.05, 4.69) is 24.8 Å². The molecule has 0 unspecified atom stereocenters. The van der Waals surface area contributed by atoms with Gasteiger partial charge in [0, 0.05) is 38.1 Å². The maximum atomic E-state index is 12.2. The molecule has 0 aromatic carbocycles. The van der Waals surface area contributed by atoms with Gasteiger partial charge in [0.05, 0.1) is 11.3 Å². The van der Waals surface area contributed by atoms with Crippen LogP contribution < -0.4 is 5.32 Å². The summed E-state index contributed by atoms with van der Waals surface area (Å²) in [5.74, 6) is 2.18. The smallest absolute Gasteiger partial charge is 0.254 e. The van der Waals surface area contributed by atoms with Crippen LogP contribution in [0.2, 0.25) is 0 Å². The highest BCUT2D eigenvalue weighted by atomic mass is 16.1. The lowest BCUT2D eigenvalue weighted by Crippen LogP contribution is -2.34. The molecule has 0 spiro atoms. The highest BCUT2D eigenvalue weighted by Crippen LogP contribution is 2.18. The number of hydrogen-bond donors (Lipinski definition) is 1. The minimum absolute atomic E-state index is 0.0936. The summed E-state index contributed by atoms with van der Waals surface area (Å²) in [4.78, 5) is 24.8. The fourth-order valence-electron chi connectivity index (χ4n) is 2.74. The molecule has 21 heavy (non-hydrogen) atoms. The van der Waals surface area contributed by atoms with Crippen molar-refractivity contribution in [2.24, 2.45) is 5.92 Å². The van der Waals surface area contributed by atoms with Gasteiger partial charge in [-0.1, -0.05) is 0 Å². The van der Waals surface area contributed by atoms with Crippen molar-refractivity contribution in [3.8, 4) is 0 Å². The van der Waals surface area contributed by atoms with Crippen molar-refractivity contribution in [3.63, 3.8) is 0 Å². The zero-order valence-electron chi connectivity index (χ0n) is 12.3. The number of nitrogens with one attached hydrogen (secondary N) is 1. The van der Waals surface area contributed by atoms with E-state index in [1.165, 1.54) is 0 Å². The third-order valence-corrected chi connectivity index (χ3v) is 3.93. The summed E-state index contributed by atoms with van der Waals surface area (Å²) in [6.07, 6.45) is 7.47. The number of aryl methyl sites for hydroxylation is 3. The minimum atomic E-state index is -0.0936. The largest absolute Gasteiger partial charge is 0.352 e. The first-order valence-electron chi connectivity index (χ1n) is 7.22. The maximum absolute atomic E-state index is 12.2. The lowest BCUT2D eigenvalue weighted by atomic mass is 9.99. The molecule has 3 heterocycles. The van der Waals surface area contributed by atoms with Crippen LogP contribution in [0.3, 0.4) is 0 Å². The Kier molecular flexibility index (Phi) is 3.68. The monoisotopic (exact) mass is 285 g/mol. The molecule has 1 atom stereocenters. The Morgan fingerprint density at radius 1 is 1.43 bits per heavy atom. The Morgan fingerprint density at radius 3 is 3.10 bits per heavy atom. The van der Waals surface area contributed by atoms with E-state index >= 15 is 0 Å². The van der Waals surface area contributed by atoms with Crippen LogP contribution >= 0.6 is 0 Å². The van der Waals surface area contributed by atoms with Crippen molar-refractivity contribution >= 4 is 5.91 Å². The summed E-state index contributed by atoms with van der Waals surface area (Å²) in [7, 11) is 0. The van der Waals surface area contributed by atoms with Crippen molar-refractivity contribution in [1.29, 1.82) is 0 Å². The van der Waals surface area contributed by atoms with E-state index < -0.39 is 0 Å². The van der Waals surface area contributed by atoms with Gasteiger partial charge in [0.15, 0.2) is 0 Å². The molecule has 0 fully saturated rings. The molecule has 3 rings (SSSR count). The van der Waals surface area contributed by atoms with Gasteiger partial charge in [-0.2, -0.15) is 0 Å². The molecule has 2 aromatic rings. The molecule has 1 N–H and O–H groups in total. The normalized spacial score (nSPS) is 17.3. The molecule has 0 saturated heterocycles.